The summed E-state index contributed by atoms with van der Waals surface area (Å²) in [5, 5.41) is 22.2. The van der Waals surface area contributed by atoms with Crippen molar-refractivity contribution in [3.8, 4) is 0 Å². The van der Waals surface area contributed by atoms with Crippen LogP contribution in [-0.2, 0) is 30.4 Å². The van der Waals surface area contributed by atoms with E-state index in [0.29, 0.717) is 18.5 Å². The standard InChI is InChI=1S/C17H24N6O7/c18-10(5-13(24)25)15(28)22-11(4-9-6-19-8-21-9)17(30)23-3-1-2-12(23)16(29)20-7-14(26)27/h6,8,10-12H,1-5,7,18H2,(H,19,21)(H,20,29)(H,22,28)(H,24,25)(H,26,27). The number of nitrogens with zero attached hydrogens (tertiary/aromatic N) is 2. The number of hydrogen-bond acceptors (Lipinski definition) is 7. The van der Waals surface area contributed by atoms with Crippen LogP contribution in [0.15, 0.2) is 12.5 Å². The zero-order valence-electron chi connectivity index (χ0n) is 16.0. The molecule has 3 atom stereocenters. The Morgan fingerprint density at radius 3 is 2.60 bits per heavy atom. The summed E-state index contributed by atoms with van der Waals surface area (Å²) in [4.78, 5) is 67.1. The first kappa shape index (κ1) is 22.8. The fraction of sp³-hybridized carbons (Fsp3) is 0.529. The maximum atomic E-state index is 13.1. The third-order valence-electron chi connectivity index (χ3n) is 4.58. The molecule has 0 bridgehead atoms. The number of hydrogen-bond donors (Lipinski definition) is 6. The molecule has 1 saturated heterocycles. The Morgan fingerprint density at radius 1 is 1.27 bits per heavy atom. The molecular weight excluding hydrogens is 400 g/mol. The Hall–Kier alpha value is -3.48. The van der Waals surface area contributed by atoms with Gasteiger partial charge in [-0.15, -0.1) is 0 Å². The van der Waals surface area contributed by atoms with Crippen LogP contribution in [-0.4, -0.2) is 86.0 Å². The van der Waals surface area contributed by atoms with Gasteiger partial charge >= 0.3 is 11.9 Å². The first-order valence-electron chi connectivity index (χ1n) is 9.24. The van der Waals surface area contributed by atoms with E-state index >= 15 is 0 Å². The summed E-state index contributed by atoms with van der Waals surface area (Å²) in [5.74, 6) is -4.45. The molecule has 1 aromatic rings. The zero-order chi connectivity index (χ0) is 22.3. The molecule has 0 aliphatic carbocycles. The predicted molar refractivity (Wildman–Crippen MR) is 99.8 cm³/mol. The zero-order valence-corrected chi connectivity index (χ0v) is 16.0. The van der Waals surface area contributed by atoms with Gasteiger partial charge in [0.05, 0.1) is 18.8 Å². The van der Waals surface area contributed by atoms with Crippen molar-refractivity contribution in [2.75, 3.05) is 13.1 Å². The van der Waals surface area contributed by atoms with Gasteiger partial charge in [-0.05, 0) is 12.8 Å². The molecule has 0 radical (unpaired) electrons. The number of nitrogens with one attached hydrogen (secondary N) is 3. The van der Waals surface area contributed by atoms with E-state index in [2.05, 4.69) is 20.6 Å². The molecule has 1 aliphatic rings. The number of aliphatic carboxylic acids is 2. The van der Waals surface area contributed by atoms with Gasteiger partial charge in [0, 0.05) is 24.9 Å². The van der Waals surface area contributed by atoms with Gasteiger partial charge in [0.15, 0.2) is 0 Å². The van der Waals surface area contributed by atoms with Crippen molar-refractivity contribution in [2.45, 2.75) is 43.8 Å². The van der Waals surface area contributed by atoms with Crippen molar-refractivity contribution >= 4 is 29.7 Å². The Balaban J connectivity index is 2.14. The lowest BCUT2D eigenvalue weighted by molar-refractivity contribution is -0.143. The van der Waals surface area contributed by atoms with E-state index in [-0.39, 0.29) is 13.0 Å². The molecule has 13 nitrogen and oxygen atoms in total. The summed E-state index contributed by atoms with van der Waals surface area (Å²) in [7, 11) is 0. The fourth-order valence-electron chi connectivity index (χ4n) is 3.16. The number of carboxylic acid groups (broad SMARTS) is 2. The molecule has 13 heteroatoms. The molecule has 7 N–H and O–H groups in total. The van der Waals surface area contributed by atoms with E-state index in [4.69, 9.17) is 15.9 Å². The Morgan fingerprint density at radius 2 is 2.00 bits per heavy atom. The minimum Gasteiger partial charge on any atom is -0.481 e. The second-order valence-electron chi connectivity index (χ2n) is 6.85. The Bertz CT molecular complexity index is 797. The Labute approximate surface area is 171 Å². The van der Waals surface area contributed by atoms with Crippen molar-refractivity contribution in [1.82, 2.24) is 25.5 Å². The topological polar surface area (TPSA) is 208 Å². The van der Waals surface area contributed by atoms with Crippen molar-refractivity contribution in [3.05, 3.63) is 18.2 Å². The molecule has 2 heterocycles. The molecule has 3 unspecified atom stereocenters. The lowest BCUT2D eigenvalue weighted by Crippen LogP contribution is -2.56. The second-order valence-corrected chi connectivity index (χ2v) is 6.85. The summed E-state index contributed by atoms with van der Waals surface area (Å²) in [6.07, 6.45) is 3.14. The van der Waals surface area contributed by atoms with Crippen molar-refractivity contribution in [1.29, 1.82) is 0 Å². The van der Waals surface area contributed by atoms with Crippen LogP contribution < -0.4 is 16.4 Å². The number of aromatic amines is 1. The smallest absolute Gasteiger partial charge is 0.322 e. The van der Waals surface area contributed by atoms with Gasteiger partial charge < -0.3 is 36.5 Å². The molecule has 2 rings (SSSR count). The maximum Gasteiger partial charge on any atom is 0.322 e. The number of amides is 3. The molecule has 1 fully saturated rings. The highest BCUT2D eigenvalue weighted by atomic mass is 16.4. The normalized spacial score (nSPS) is 17.8. The van der Waals surface area contributed by atoms with Crippen molar-refractivity contribution in [3.63, 3.8) is 0 Å². The number of likely N-dealkylation sites (tertiary alicyclic amines) is 1. The number of carbonyl (C=O) groups excluding carboxylic acids is 3. The van der Waals surface area contributed by atoms with Crippen molar-refractivity contribution < 1.29 is 34.2 Å². The highest BCUT2D eigenvalue weighted by molar-refractivity contribution is 5.94. The minimum absolute atomic E-state index is 0.0182. The summed E-state index contributed by atoms with van der Waals surface area (Å²) in [6, 6.07) is -3.34. The third-order valence-corrected chi connectivity index (χ3v) is 4.58. The number of rotatable bonds is 10. The van der Waals surface area contributed by atoms with Crippen LogP contribution in [0.5, 0.6) is 0 Å². The number of H-pyrrole nitrogens is 1. The molecule has 3 amide bonds. The largest absolute Gasteiger partial charge is 0.481 e. The van der Waals surface area contributed by atoms with E-state index in [1.165, 1.54) is 17.4 Å². The average Bonchev–Trinajstić information content (AvgIpc) is 3.36. The fourth-order valence-corrected chi connectivity index (χ4v) is 3.16. The SMILES string of the molecule is NC(CC(=O)O)C(=O)NC(Cc1cnc[nH]1)C(=O)N1CCCC1C(=O)NCC(=O)O. The van der Waals surface area contributed by atoms with Crippen LogP contribution in [0.25, 0.3) is 0 Å². The predicted octanol–water partition coefficient (Wildman–Crippen LogP) is -2.57. The van der Waals surface area contributed by atoms with Crippen LogP contribution in [0.4, 0.5) is 0 Å². The molecular formula is C17H24N6O7. The number of imidazole rings is 1. The van der Waals surface area contributed by atoms with Crippen LogP contribution >= 0.6 is 0 Å². The third kappa shape index (κ3) is 6.27. The number of nitrogens with two attached hydrogens (primary N) is 1. The van der Waals surface area contributed by atoms with Gasteiger partial charge in [0.1, 0.15) is 18.6 Å². The molecule has 0 aromatic carbocycles. The van der Waals surface area contributed by atoms with Gasteiger partial charge in [-0.1, -0.05) is 0 Å². The van der Waals surface area contributed by atoms with Gasteiger partial charge in [-0.2, -0.15) is 0 Å². The highest BCUT2D eigenvalue weighted by Crippen LogP contribution is 2.19. The summed E-state index contributed by atoms with van der Waals surface area (Å²) in [5.41, 5.74) is 6.11. The average molecular weight is 424 g/mol. The summed E-state index contributed by atoms with van der Waals surface area (Å²) in [6.45, 7) is -0.323. The summed E-state index contributed by atoms with van der Waals surface area (Å²) < 4.78 is 0. The Kier molecular flexibility index (Phi) is 7.86. The minimum atomic E-state index is -1.35. The first-order valence-corrected chi connectivity index (χ1v) is 9.24. The van der Waals surface area contributed by atoms with Crippen LogP contribution in [0.1, 0.15) is 25.0 Å². The summed E-state index contributed by atoms with van der Waals surface area (Å²) >= 11 is 0. The molecule has 0 spiro atoms. The quantitative estimate of drug-likeness (QED) is 0.233. The lowest BCUT2D eigenvalue weighted by atomic mass is 10.1. The van der Waals surface area contributed by atoms with Gasteiger partial charge in [0.2, 0.25) is 17.7 Å². The molecule has 1 aromatic heterocycles. The maximum absolute atomic E-state index is 13.1. The second kappa shape index (κ2) is 10.3. The number of aromatic nitrogens is 2. The highest BCUT2D eigenvalue weighted by Gasteiger charge is 2.38. The van der Waals surface area contributed by atoms with Gasteiger partial charge in [0.25, 0.3) is 0 Å². The van der Waals surface area contributed by atoms with Crippen LogP contribution in [0, 0.1) is 0 Å². The number of carbonyl (C=O) groups is 5. The number of carboxylic acids is 2. The first-order chi connectivity index (χ1) is 14.2. The van der Waals surface area contributed by atoms with Gasteiger partial charge in [-0.3, -0.25) is 24.0 Å². The van der Waals surface area contributed by atoms with E-state index in [9.17, 15) is 24.0 Å². The van der Waals surface area contributed by atoms with E-state index < -0.39 is 60.8 Å². The van der Waals surface area contributed by atoms with E-state index in [0.717, 1.165) is 0 Å². The van der Waals surface area contributed by atoms with E-state index in [1.54, 1.807) is 0 Å². The van der Waals surface area contributed by atoms with Gasteiger partial charge in [-0.25, -0.2) is 4.98 Å². The monoisotopic (exact) mass is 424 g/mol. The molecule has 164 valence electrons. The molecule has 1 aliphatic heterocycles. The van der Waals surface area contributed by atoms with E-state index in [1.807, 2.05) is 0 Å². The lowest BCUT2D eigenvalue weighted by Gasteiger charge is -2.29. The van der Waals surface area contributed by atoms with Crippen LogP contribution in [0.2, 0.25) is 0 Å². The van der Waals surface area contributed by atoms with Crippen molar-refractivity contribution in [2.24, 2.45) is 5.73 Å². The molecule has 30 heavy (non-hydrogen) atoms. The van der Waals surface area contributed by atoms with Crippen LogP contribution in [0.3, 0.4) is 0 Å². The molecule has 0 saturated carbocycles.